The Balaban J connectivity index is 2.38. The second-order valence-corrected chi connectivity index (χ2v) is 4.73. The van der Waals surface area contributed by atoms with E-state index in [0.29, 0.717) is 16.4 Å². The van der Waals surface area contributed by atoms with Gasteiger partial charge in [-0.05, 0) is 36.4 Å². The molecule has 2 aromatic rings. The summed E-state index contributed by atoms with van der Waals surface area (Å²) in [6, 6.07) is 7.62. The van der Waals surface area contributed by atoms with Crippen molar-refractivity contribution < 1.29 is 18.3 Å². The van der Waals surface area contributed by atoms with E-state index < -0.39 is 11.7 Å². The number of aromatic hydroxyl groups is 1. The van der Waals surface area contributed by atoms with Crippen LogP contribution < -0.4 is 10.6 Å². The molecule has 0 aliphatic carbocycles. The summed E-state index contributed by atoms with van der Waals surface area (Å²) in [6.45, 7) is 0. The van der Waals surface area contributed by atoms with Gasteiger partial charge >= 0.3 is 6.18 Å². The number of alkyl halides is 3. The molecule has 0 radical (unpaired) electrons. The molecular formula is C14H12ClF3N2O. The van der Waals surface area contributed by atoms with Crippen LogP contribution in [0, 0.1) is 0 Å². The molecule has 0 aliphatic heterocycles. The van der Waals surface area contributed by atoms with Crippen molar-refractivity contribution in [2.45, 2.75) is 6.18 Å². The zero-order chi connectivity index (χ0) is 15.6. The molecule has 0 saturated heterocycles. The Morgan fingerprint density at radius 2 is 1.71 bits per heavy atom. The lowest BCUT2D eigenvalue weighted by molar-refractivity contribution is -0.137. The van der Waals surface area contributed by atoms with Crippen molar-refractivity contribution in [3.8, 4) is 5.75 Å². The largest absolute Gasteiger partial charge is 0.506 e. The topological polar surface area (TPSA) is 44.3 Å². The maximum Gasteiger partial charge on any atom is 0.416 e. The summed E-state index contributed by atoms with van der Waals surface area (Å²) >= 11 is 5.83. The second-order valence-electron chi connectivity index (χ2n) is 4.29. The van der Waals surface area contributed by atoms with Gasteiger partial charge in [-0.2, -0.15) is 13.2 Å². The summed E-state index contributed by atoms with van der Waals surface area (Å²) < 4.78 is 38.0. The van der Waals surface area contributed by atoms with Crippen molar-refractivity contribution in [3.63, 3.8) is 0 Å². The van der Waals surface area contributed by atoms with Crippen LogP contribution in [0.5, 0.6) is 5.75 Å². The molecule has 0 aromatic heterocycles. The van der Waals surface area contributed by atoms with Crippen LogP contribution in [0.4, 0.5) is 30.2 Å². The van der Waals surface area contributed by atoms with Crippen LogP contribution >= 0.6 is 11.6 Å². The maximum absolute atomic E-state index is 12.7. The predicted octanol–water partition coefficient (Wildman–Crippen LogP) is 4.85. The van der Waals surface area contributed by atoms with Gasteiger partial charge in [-0.25, -0.2) is 0 Å². The Morgan fingerprint density at radius 1 is 1.00 bits per heavy atom. The van der Waals surface area contributed by atoms with Crippen molar-refractivity contribution in [3.05, 3.63) is 47.0 Å². The molecular weight excluding hydrogens is 305 g/mol. The van der Waals surface area contributed by atoms with Crippen LogP contribution in [0.15, 0.2) is 36.4 Å². The van der Waals surface area contributed by atoms with Crippen LogP contribution in [0.1, 0.15) is 5.56 Å². The highest BCUT2D eigenvalue weighted by atomic mass is 35.5. The van der Waals surface area contributed by atoms with Crippen molar-refractivity contribution in [1.82, 2.24) is 0 Å². The van der Waals surface area contributed by atoms with Crippen molar-refractivity contribution in [2.24, 2.45) is 0 Å². The predicted molar refractivity (Wildman–Crippen MR) is 77.4 cm³/mol. The van der Waals surface area contributed by atoms with Gasteiger partial charge < -0.3 is 15.7 Å². The normalized spacial score (nSPS) is 11.3. The number of phenolic OH excluding ortho intramolecular Hbond substituents is 1. The number of benzene rings is 2. The van der Waals surface area contributed by atoms with Gasteiger partial charge in [0.05, 0.1) is 22.6 Å². The summed E-state index contributed by atoms with van der Waals surface area (Å²) in [7, 11) is 1.51. The van der Waals surface area contributed by atoms with E-state index in [2.05, 4.69) is 10.6 Å². The molecule has 0 unspecified atom stereocenters. The number of anilines is 3. The van der Waals surface area contributed by atoms with E-state index in [1.165, 1.54) is 31.3 Å². The molecule has 21 heavy (non-hydrogen) atoms. The molecule has 0 fully saturated rings. The minimum absolute atomic E-state index is 0.0543. The lowest BCUT2D eigenvalue weighted by Gasteiger charge is -2.15. The fourth-order valence-corrected chi connectivity index (χ4v) is 1.96. The minimum atomic E-state index is -4.41. The van der Waals surface area contributed by atoms with Crippen LogP contribution in [0.2, 0.25) is 5.02 Å². The molecule has 0 atom stereocenters. The van der Waals surface area contributed by atoms with E-state index in [-0.39, 0.29) is 11.4 Å². The highest BCUT2D eigenvalue weighted by Crippen LogP contribution is 2.36. The van der Waals surface area contributed by atoms with Crippen LogP contribution in [-0.4, -0.2) is 12.2 Å². The standard InChI is InChI=1S/C14H12ClF3N2O/c1-19-11-6-8(14(16,17)18)2-4-10(11)20-12-7-9(15)3-5-13(12)21/h2-7,19-21H,1H3. The molecule has 0 bridgehead atoms. The first-order valence-corrected chi connectivity index (χ1v) is 6.33. The molecule has 0 amide bonds. The number of hydrogen-bond donors (Lipinski definition) is 3. The fraction of sp³-hybridized carbons (Fsp3) is 0.143. The maximum atomic E-state index is 12.7. The Morgan fingerprint density at radius 3 is 2.33 bits per heavy atom. The first kappa shape index (κ1) is 15.3. The number of nitrogens with one attached hydrogen (secondary N) is 2. The van der Waals surface area contributed by atoms with E-state index in [0.717, 1.165) is 12.1 Å². The van der Waals surface area contributed by atoms with Gasteiger partial charge in [-0.15, -0.1) is 0 Å². The third-order valence-corrected chi connectivity index (χ3v) is 3.08. The minimum Gasteiger partial charge on any atom is -0.506 e. The molecule has 7 heteroatoms. The van der Waals surface area contributed by atoms with Crippen molar-refractivity contribution in [1.29, 1.82) is 0 Å². The fourth-order valence-electron chi connectivity index (χ4n) is 1.79. The van der Waals surface area contributed by atoms with E-state index in [4.69, 9.17) is 11.6 Å². The second kappa shape index (κ2) is 5.73. The Labute approximate surface area is 124 Å². The average molecular weight is 317 g/mol. The molecule has 0 aliphatic rings. The third kappa shape index (κ3) is 3.52. The molecule has 0 saturated carbocycles. The third-order valence-electron chi connectivity index (χ3n) is 2.84. The summed E-state index contributed by atoms with van der Waals surface area (Å²) in [5, 5.41) is 15.7. The molecule has 3 nitrogen and oxygen atoms in total. The molecule has 0 heterocycles. The number of halogens is 4. The van der Waals surface area contributed by atoms with Gasteiger partial charge in [0.1, 0.15) is 5.75 Å². The van der Waals surface area contributed by atoms with Gasteiger partial charge in [0.2, 0.25) is 0 Å². The Bertz CT molecular complexity index is 659. The quantitative estimate of drug-likeness (QED) is 0.709. The van der Waals surface area contributed by atoms with Gasteiger partial charge in [-0.3, -0.25) is 0 Å². The van der Waals surface area contributed by atoms with Crippen LogP contribution in [0.25, 0.3) is 0 Å². The lowest BCUT2D eigenvalue weighted by Crippen LogP contribution is -2.06. The summed E-state index contributed by atoms with van der Waals surface area (Å²) in [6.07, 6.45) is -4.41. The zero-order valence-electron chi connectivity index (χ0n) is 10.9. The summed E-state index contributed by atoms with van der Waals surface area (Å²) in [5.74, 6) is -0.0543. The van der Waals surface area contributed by atoms with Gasteiger partial charge in [-0.1, -0.05) is 11.6 Å². The van der Waals surface area contributed by atoms with Gasteiger partial charge in [0, 0.05) is 12.1 Å². The number of hydrogen-bond acceptors (Lipinski definition) is 3. The number of rotatable bonds is 3. The smallest absolute Gasteiger partial charge is 0.416 e. The lowest BCUT2D eigenvalue weighted by atomic mass is 10.1. The zero-order valence-corrected chi connectivity index (χ0v) is 11.7. The molecule has 3 N–H and O–H groups in total. The van der Waals surface area contributed by atoms with Crippen LogP contribution in [-0.2, 0) is 6.18 Å². The highest BCUT2D eigenvalue weighted by molar-refractivity contribution is 6.31. The Hall–Kier alpha value is -2.08. The molecule has 2 rings (SSSR count). The highest BCUT2D eigenvalue weighted by Gasteiger charge is 2.31. The summed E-state index contributed by atoms with van der Waals surface area (Å²) in [4.78, 5) is 0. The van der Waals surface area contributed by atoms with Crippen LogP contribution in [0.3, 0.4) is 0 Å². The van der Waals surface area contributed by atoms with E-state index in [9.17, 15) is 18.3 Å². The number of phenols is 1. The first-order chi connectivity index (χ1) is 9.81. The molecule has 0 spiro atoms. The summed E-state index contributed by atoms with van der Waals surface area (Å²) in [5.41, 5.74) is 0.193. The van der Waals surface area contributed by atoms with E-state index in [1.54, 1.807) is 0 Å². The van der Waals surface area contributed by atoms with Gasteiger partial charge in [0.15, 0.2) is 0 Å². The Kier molecular flexibility index (Phi) is 4.18. The molecule has 112 valence electrons. The van der Waals surface area contributed by atoms with E-state index in [1.807, 2.05) is 0 Å². The van der Waals surface area contributed by atoms with Gasteiger partial charge in [0.25, 0.3) is 0 Å². The monoisotopic (exact) mass is 316 g/mol. The van der Waals surface area contributed by atoms with E-state index >= 15 is 0 Å². The SMILES string of the molecule is CNc1cc(C(F)(F)F)ccc1Nc1cc(Cl)ccc1O. The molecule has 2 aromatic carbocycles. The van der Waals surface area contributed by atoms with Crippen molar-refractivity contribution in [2.75, 3.05) is 17.7 Å². The average Bonchev–Trinajstić information content (AvgIpc) is 2.42. The first-order valence-electron chi connectivity index (χ1n) is 5.96. The van der Waals surface area contributed by atoms with Crippen molar-refractivity contribution >= 4 is 28.7 Å².